The number of hydrogen-bond donors (Lipinski definition) is 0. The van der Waals surface area contributed by atoms with Gasteiger partial charge in [0.05, 0.1) is 32.3 Å². The summed E-state index contributed by atoms with van der Waals surface area (Å²) in [6.07, 6.45) is 2.88. The van der Waals surface area contributed by atoms with Crippen LogP contribution < -0.4 is 4.74 Å². The first kappa shape index (κ1) is 18.3. The Balaban J connectivity index is 1.52. The van der Waals surface area contributed by atoms with Crippen LogP contribution in [0.1, 0.15) is 30.9 Å². The van der Waals surface area contributed by atoms with Crippen LogP contribution in [0.25, 0.3) is 10.8 Å². The van der Waals surface area contributed by atoms with Crippen molar-refractivity contribution in [1.29, 1.82) is 0 Å². The van der Waals surface area contributed by atoms with Gasteiger partial charge in [-0.15, -0.1) is 0 Å². The number of ether oxygens (including phenoxy) is 3. The van der Waals surface area contributed by atoms with Gasteiger partial charge in [0.25, 0.3) is 0 Å². The normalized spacial score (nSPS) is 21.7. The Bertz CT molecular complexity index is 830. The second-order valence-corrected chi connectivity index (χ2v) is 7.65. The molecule has 0 unspecified atom stereocenters. The molecule has 1 heterocycles. The summed E-state index contributed by atoms with van der Waals surface area (Å²) in [5, 5.41) is 2.28. The number of morpholine rings is 1. The molecule has 144 valence electrons. The molecule has 2 fully saturated rings. The molecule has 0 bridgehead atoms. The third-order valence-corrected chi connectivity index (χ3v) is 5.98. The van der Waals surface area contributed by atoms with Crippen molar-refractivity contribution in [3.05, 3.63) is 42.0 Å². The van der Waals surface area contributed by atoms with Crippen molar-refractivity contribution in [3.63, 3.8) is 0 Å². The lowest BCUT2D eigenvalue weighted by Crippen LogP contribution is -2.53. The molecule has 1 saturated carbocycles. The lowest BCUT2D eigenvalue weighted by molar-refractivity contribution is -0.159. The minimum absolute atomic E-state index is 0.0890. The van der Waals surface area contributed by atoms with Gasteiger partial charge in [-0.3, -0.25) is 4.79 Å². The van der Waals surface area contributed by atoms with Crippen LogP contribution in [-0.4, -0.2) is 51.3 Å². The summed E-state index contributed by atoms with van der Waals surface area (Å²) in [6.45, 7) is 2.35. The molecule has 5 nitrogen and oxygen atoms in total. The number of carbonyl (C=O) groups excluding carboxylic acids is 1. The van der Waals surface area contributed by atoms with Crippen LogP contribution in [0.15, 0.2) is 36.4 Å². The summed E-state index contributed by atoms with van der Waals surface area (Å²) < 4.78 is 16.7. The lowest BCUT2D eigenvalue weighted by Gasteiger charge is -2.45. The van der Waals surface area contributed by atoms with Gasteiger partial charge in [0, 0.05) is 13.7 Å². The molecule has 0 radical (unpaired) electrons. The highest BCUT2D eigenvalue weighted by Crippen LogP contribution is 2.43. The molecule has 1 atom stereocenters. The Morgan fingerprint density at radius 2 is 1.96 bits per heavy atom. The average molecular weight is 369 g/mol. The molecule has 5 heteroatoms. The topological polar surface area (TPSA) is 48.0 Å². The average Bonchev–Trinajstić information content (AvgIpc) is 2.69. The fourth-order valence-corrected chi connectivity index (χ4v) is 4.24. The number of hydrogen-bond acceptors (Lipinski definition) is 4. The van der Waals surface area contributed by atoms with E-state index in [1.807, 2.05) is 17.0 Å². The van der Waals surface area contributed by atoms with Gasteiger partial charge in [-0.1, -0.05) is 24.6 Å². The van der Waals surface area contributed by atoms with Crippen molar-refractivity contribution >= 4 is 16.7 Å². The van der Waals surface area contributed by atoms with Gasteiger partial charge in [0.1, 0.15) is 11.9 Å². The summed E-state index contributed by atoms with van der Waals surface area (Å²) in [6, 6.07) is 12.4. The van der Waals surface area contributed by atoms with E-state index in [4.69, 9.17) is 14.2 Å². The molecule has 27 heavy (non-hydrogen) atoms. The highest BCUT2D eigenvalue weighted by atomic mass is 16.5. The van der Waals surface area contributed by atoms with Gasteiger partial charge < -0.3 is 19.1 Å². The van der Waals surface area contributed by atoms with Crippen LogP contribution in [0.3, 0.4) is 0 Å². The summed E-state index contributed by atoms with van der Waals surface area (Å²) in [4.78, 5) is 15.1. The van der Waals surface area contributed by atoms with E-state index in [-0.39, 0.29) is 17.4 Å². The van der Waals surface area contributed by atoms with E-state index in [0.29, 0.717) is 26.3 Å². The second kappa shape index (κ2) is 7.49. The number of carbonyl (C=O) groups is 1. The molecule has 0 spiro atoms. The van der Waals surface area contributed by atoms with Gasteiger partial charge in [-0.05, 0) is 47.4 Å². The van der Waals surface area contributed by atoms with E-state index in [1.165, 1.54) is 0 Å². The van der Waals surface area contributed by atoms with Crippen LogP contribution in [0.2, 0.25) is 0 Å². The predicted octanol–water partition coefficient (Wildman–Crippen LogP) is 3.57. The van der Waals surface area contributed by atoms with Crippen molar-refractivity contribution in [2.75, 3.05) is 40.5 Å². The van der Waals surface area contributed by atoms with Crippen molar-refractivity contribution in [1.82, 2.24) is 4.90 Å². The number of fused-ring (bicyclic) bond motifs is 1. The SMILES string of the molecule is COCC1(C(=O)N2CCO[C@H](c3ccc4cc(OC)ccc4c3)C2)CCC1. The Kier molecular flexibility index (Phi) is 5.06. The largest absolute Gasteiger partial charge is 0.497 e. The van der Waals surface area contributed by atoms with Crippen molar-refractivity contribution in [2.45, 2.75) is 25.4 Å². The van der Waals surface area contributed by atoms with Crippen molar-refractivity contribution in [3.8, 4) is 5.75 Å². The fourth-order valence-electron chi connectivity index (χ4n) is 4.24. The molecular formula is C22H27NO4. The van der Waals surface area contributed by atoms with E-state index in [0.717, 1.165) is 41.3 Å². The van der Waals surface area contributed by atoms with Gasteiger partial charge in [0.15, 0.2) is 0 Å². The van der Waals surface area contributed by atoms with Gasteiger partial charge in [-0.2, -0.15) is 0 Å². The first-order valence-corrected chi connectivity index (χ1v) is 9.63. The maximum atomic E-state index is 13.1. The van der Waals surface area contributed by atoms with E-state index in [1.54, 1.807) is 14.2 Å². The van der Waals surface area contributed by atoms with Crippen LogP contribution in [-0.2, 0) is 14.3 Å². The molecule has 1 saturated heterocycles. The van der Waals surface area contributed by atoms with E-state index in [9.17, 15) is 4.79 Å². The Morgan fingerprint density at radius 1 is 1.19 bits per heavy atom. The summed E-state index contributed by atoms with van der Waals surface area (Å²) in [5.41, 5.74) is 0.802. The molecule has 1 aliphatic heterocycles. The Morgan fingerprint density at radius 3 is 2.67 bits per heavy atom. The fraction of sp³-hybridized carbons (Fsp3) is 0.500. The Hall–Kier alpha value is -2.11. The van der Waals surface area contributed by atoms with Crippen molar-refractivity contribution in [2.24, 2.45) is 5.41 Å². The third-order valence-electron chi connectivity index (χ3n) is 5.98. The number of benzene rings is 2. The second-order valence-electron chi connectivity index (χ2n) is 7.65. The predicted molar refractivity (Wildman–Crippen MR) is 104 cm³/mol. The van der Waals surface area contributed by atoms with Crippen LogP contribution in [0.5, 0.6) is 5.75 Å². The quantitative estimate of drug-likeness (QED) is 0.808. The number of methoxy groups -OCH3 is 2. The lowest BCUT2D eigenvalue weighted by atomic mass is 9.68. The molecular weight excluding hydrogens is 342 g/mol. The summed E-state index contributed by atoms with van der Waals surface area (Å²) in [5.74, 6) is 1.08. The maximum absolute atomic E-state index is 13.1. The van der Waals surface area contributed by atoms with E-state index < -0.39 is 0 Å². The maximum Gasteiger partial charge on any atom is 0.231 e. The van der Waals surface area contributed by atoms with Gasteiger partial charge >= 0.3 is 0 Å². The number of nitrogens with zero attached hydrogens (tertiary/aromatic N) is 1. The van der Waals surface area contributed by atoms with Gasteiger partial charge in [-0.25, -0.2) is 0 Å². The van der Waals surface area contributed by atoms with Crippen LogP contribution in [0.4, 0.5) is 0 Å². The molecule has 0 aromatic heterocycles. The smallest absolute Gasteiger partial charge is 0.231 e. The van der Waals surface area contributed by atoms with Crippen molar-refractivity contribution < 1.29 is 19.0 Å². The minimum Gasteiger partial charge on any atom is -0.497 e. The zero-order chi connectivity index (χ0) is 18.9. The third kappa shape index (κ3) is 3.42. The first-order valence-electron chi connectivity index (χ1n) is 9.63. The molecule has 2 aromatic rings. The van der Waals surface area contributed by atoms with Crippen LogP contribution >= 0.6 is 0 Å². The van der Waals surface area contributed by atoms with Crippen LogP contribution in [0, 0.1) is 5.41 Å². The highest BCUT2D eigenvalue weighted by Gasteiger charge is 2.47. The molecule has 2 aromatic carbocycles. The molecule has 4 rings (SSSR count). The van der Waals surface area contributed by atoms with E-state index >= 15 is 0 Å². The molecule has 1 amide bonds. The first-order chi connectivity index (χ1) is 13.1. The summed E-state index contributed by atoms with van der Waals surface area (Å²) >= 11 is 0. The minimum atomic E-state index is -0.309. The molecule has 0 N–H and O–H groups in total. The van der Waals surface area contributed by atoms with Gasteiger partial charge in [0.2, 0.25) is 5.91 Å². The zero-order valence-corrected chi connectivity index (χ0v) is 16.1. The standard InChI is InChI=1S/C22H27NO4/c1-25-15-22(8-3-9-22)21(24)23-10-11-27-20(14-23)18-5-4-17-13-19(26-2)7-6-16(17)12-18/h4-7,12-13,20H,3,8-11,14-15H2,1-2H3/t20-/m0/s1. The molecule has 2 aliphatic rings. The Labute approximate surface area is 160 Å². The molecule has 1 aliphatic carbocycles. The summed E-state index contributed by atoms with van der Waals surface area (Å²) in [7, 11) is 3.36. The number of amides is 1. The zero-order valence-electron chi connectivity index (χ0n) is 16.1. The monoisotopic (exact) mass is 369 g/mol. The van der Waals surface area contributed by atoms with E-state index in [2.05, 4.69) is 24.3 Å². The number of rotatable bonds is 5. The highest BCUT2D eigenvalue weighted by molar-refractivity contribution is 5.85.